The standard InChI is InChI=1S/C13H13FN2OS/c14-10-1-2-11(12-8-18-9-15-12)13(7-10)16-3-5-17-6-4-16/h1-2,7-9H,3-6H2. The van der Waals surface area contributed by atoms with Crippen molar-refractivity contribution in [3.05, 3.63) is 34.9 Å². The molecule has 3 rings (SSSR count). The normalized spacial score (nSPS) is 15.9. The molecule has 0 bridgehead atoms. The maximum Gasteiger partial charge on any atom is 0.125 e. The fourth-order valence-corrected chi connectivity index (χ4v) is 2.68. The average Bonchev–Trinajstić information content (AvgIpc) is 2.93. The molecule has 0 radical (unpaired) electrons. The largest absolute Gasteiger partial charge is 0.378 e. The lowest BCUT2D eigenvalue weighted by Crippen LogP contribution is -2.36. The van der Waals surface area contributed by atoms with E-state index in [1.165, 1.54) is 6.07 Å². The van der Waals surface area contributed by atoms with Crippen LogP contribution in [0.5, 0.6) is 0 Å². The highest BCUT2D eigenvalue weighted by Gasteiger charge is 2.17. The number of thiazole rings is 1. The molecule has 3 nitrogen and oxygen atoms in total. The van der Waals surface area contributed by atoms with Crippen LogP contribution < -0.4 is 4.90 Å². The fraction of sp³-hybridized carbons (Fsp3) is 0.308. The molecule has 0 saturated carbocycles. The molecule has 0 amide bonds. The van der Waals surface area contributed by atoms with Crippen molar-refractivity contribution in [1.29, 1.82) is 0 Å². The minimum Gasteiger partial charge on any atom is -0.378 e. The van der Waals surface area contributed by atoms with Crippen LogP contribution in [0.25, 0.3) is 11.3 Å². The van der Waals surface area contributed by atoms with E-state index in [1.807, 2.05) is 5.38 Å². The number of hydrogen-bond donors (Lipinski definition) is 0. The summed E-state index contributed by atoms with van der Waals surface area (Å²) >= 11 is 1.55. The number of halogens is 1. The molecule has 1 saturated heterocycles. The van der Waals surface area contributed by atoms with Gasteiger partial charge in [-0.15, -0.1) is 11.3 Å². The summed E-state index contributed by atoms with van der Waals surface area (Å²) in [6, 6.07) is 4.87. The van der Waals surface area contributed by atoms with Crippen LogP contribution in [0.3, 0.4) is 0 Å². The summed E-state index contributed by atoms with van der Waals surface area (Å²) < 4.78 is 18.8. The van der Waals surface area contributed by atoms with Crippen molar-refractivity contribution in [1.82, 2.24) is 4.98 Å². The van der Waals surface area contributed by atoms with E-state index in [4.69, 9.17) is 4.74 Å². The lowest BCUT2D eigenvalue weighted by molar-refractivity contribution is 0.122. The van der Waals surface area contributed by atoms with Gasteiger partial charge in [0.15, 0.2) is 0 Å². The van der Waals surface area contributed by atoms with Gasteiger partial charge < -0.3 is 9.64 Å². The van der Waals surface area contributed by atoms with Gasteiger partial charge >= 0.3 is 0 Å². The number of anilines is 1. The van der Waals surface area contributed by atoms with Gasteiger partial charge in [-0.05, 0) is 18.2 Å². The molecule has 0 aliphatic carbocycles. The minimum absolute atomic E-state index is 0.213. The van der Waals surface area contributed by atoms with Crippen molar-refractivity contribution >= 4 is 17.0 Å². The van der Waals surface area contributed by atoms with Gasteiger partial charge in [0.05, 0.1) is 24.4 Å². The summed E-state index contributed by atoms with van der Waals surface area (Å²) in [6.45, 7) is 2.96. The fourth-order valence-electron chi connectivity index (χ4n) is 2.13. The highest BCUT2D eigenvalue weighted by molar-refractivity contribution is 7.07. The topological polar surface area (TPSA) is 25.4 Å². The summed E-state index contributed by atoms with van der Waals surface area (Å²) in [5.41, 5.74) is 4.59. The quantitative estimate of drug-likeness (QED) is 0.834. The third-order valence-electron chi connectivity index (χ3n) is 3.02. The second-order valence-electron chi connectivity index (χ2n) is 4.13. The summed E-state index contributed by atoms with van der Waals surface area (Å²) in [5, 5.41) is 1.98. The maximum absolute atomic E-state index is 13.5. The molecular weight excluding hydrogens is 251 g/mol. The predicted octanol–water partition coefficient (Wildman–Crippen LogP) is 2.79. The van der Waals surface area contributed by atoms with Gasteiger partial charge in [-0.3, -0.25) is 0 Å². The minimum atomic E-state index is -0.213. The lowest BCUT2D eigenvalue weighted by atomic mass is 10.1. The molecule has 0 N–H and O–H groups in total. The zero-order valence-corrected chi connectivity index (χ0v) is 10.6. The Hall–Kier alpha value is -1.46. The molecule has 0 atom stereocenters. The zero-order valence-electron chi connectivity index (χ0n) is 9.80. The molecule has 2 heterocycles. The molecular formula is C13H13FN2OS. The smallest absolute Gasteiger partial charge is 0.125 e. The first kappa shape index (κ1) is 11.6. The first-order valence-corrected chi connectivity index (χ1v) is 6.80. The van der Waals surface area contributed by atoms with E-state index in [0.29, 0.717) is 13.2 Å². The molecule has 1 fully saturated rings. The maximum atomic E-state index is 13.5. The number of nitrogens with zero attached hydrogens (tertiary/aromatic N) is 2. The van der Waals surface area contributed by atoms with Crippen molar-refractivity contribution in [2.45, 2.75) is 0 Å². The van der Waals surface area contributed by atoms with Gasteiger partial charge in [0, 0.05) is 29.7 Å². The second kappa shape index (κ2) is 5.04. The molecule has 18 heavy (non-hydrogen) atoms. The van der Waals surface area contributed by atoms with E-state index in [-0.39, 0.29) is 5.82 Å². The van der Waals surface area contributed by atoms with Crippen LogP contribution in [0.15, 0.2) is 29.1 Å². The molecule has 1 aliphatic heterocycles. The second-order valence-corrected chi connectivity index (χ2v) is 4.85. The van der Waals surface area contributed by atoms with E-state index in [1.54, 1.807) is 29.0 Å². The monoisotopic (exact) mass is 264 g/mol. The Morgan fingerprint density at radius 1 is 1.28 bits per heavy atom. The van der Waals surface area contributed by atoms with Crippen molar-refractivity contribution < 1.29 is 9.13 Å². The lowest BCUT2D eigenvalue weighted by Gasteiger charge is -2.30. The Kier molecular flexibility index (Phi) is 3.25. The number of benzene rings is 1. The number of ether oxygens (including phenoxy) is 1. The van der Waals surface area contributed by atoms with Crippen LogP contribution in [0.1, 0.15) is 0 Å². The number of aromatic nitrogens is 1. The molecule has 0 spiro atoms. The zero-order chi connectivity index (χ0) is 12.4. The molecule has 94 valence electrons. The summed E-state index contributed by atoms with van der Waals surface area (Å²) in [6.07, 6.45) is 0. The van der Waals surface area contributed by atoms with Gasteiger partial charge in [0.1, 0.15) is 5.82 Å². The predicted molar refractivity (Wildman–Crippen MR) is 70.5 cm³/mol. The van der Waals surface area contributed by atoms with Gasteiger partial charge in [-0.1, -0.05) is 0 Å². The third-order valence-corrected chi connectivity index (χ3v) is 3.61. The van der Waals surface area contributed by atoms with Crippen molar-refractivity contribution in [2.24, 2.45) is 0 Å². The van der Waals surface area contributed by atoms with Gasteiger partial charge in [0.2, 0.25) is 0 Å². The van der Waals surface area contributed by atoms with Crippen LogP contribution in [0.4, 0.5) is 10.1 Å². The number of rotatable bonds is 2. The Labute approximate surface area is 109 Å². The van der Waals surface area contributed by atoms with E-state index in [0.717, 1.165) is 30.0 Å². The highest BCUT2D eigenvalue weighted by Crippen LogP contribution is 2.31. The first-order chi connectivity index (χ1) is 8.84. The van der Waals surface area contributed by atoms with E-state index in [9.17, 15) is 4.39 Å². The van der Waals surface area contributed by atoms with E-state index >= 15 is 0 Å². The molecule has 1 aromatic heterocycles. The Morgan fingerprint density at radius 2 is 2.11 bits per heavy atom. The summed E-state index contributed by atoms with van der Waals surface area (Å²) in [5.74, 6) is -0.213. The Morgan fingerprint density at radius 3 is 2.83 bits per heavy atom. The van der Waals surface area contributed by atoms with Crippen LogP contribution >= 0.6 is 11.3 Å². The SMILES string of the molecule is Fc1ccc(-c2cscn2)c(N2CCOCC2)c1. The molecule has 0 unspecified atom stereocenters. The van der Waals surface area contributed by atoms with Gasteiger partial charge in [-0.2, -0.15) is 0 Å². The van der Waals surface area contributed by atoms with Crippen molar-refractivity contribution in [2.75, 3.05) is 31.2 Å². The first-order valence-electron chi connectivity index (χ1n) is 5.85. The molecule has 2 aromatic rings. The van der Waals surface area contributed by atoms with Crippen LogP contribution in [0, 0.1) is 5.82 Å². The molecule has 5 heteroatoms. The van der Waals surface area contributed by atoms with Gasteiger partial charge in [-0.25, -0.2) is 9.37 Å². The van der Waals surface area contributed by atoms with Crippen molar-refractivity contribution in [3.8, 4) is 11.3 Å². The van der Waals surface area contributed by atoms with E-state index in [2.05, 4.69) is 9.88 Å². The Bertz CT molecular complexity index is 524. The third kappa shape index (κ3) is 2.23. The number of hydrogen-bond acceptors (Lipinski definition) is 4. The average molecular weight is 264 g/mol. The van der Waals surface area contributed by atoms with Crippen LogP contribution in [-0.4, -0.2) is 31.3 Å². The van der Waals surface area contributed by atoms with Crippen LogP contribution in [0.2, 0.25) is 0 Å². The summed E-state index contributed by atoms with van der Waals surface area (Å²) in [4.78, 5) is 6.46. The molecule has 1 aliphatic rings. The van der Waals surface area contributed by atoms with Crippen LogP contribution in [-0.2, 0) is 4.74 Å². The Balaban J connectivity index is 2.03. The van der Waals surface area contributed by atoms with E-state index < -0.39 is 0 Å². The highest BCUT2D eigenvalue weighted by atomic mass is 32.1. The number of morpholine rings is 1. The molecule has 1 aromatic carbocycles. The summed E-state index contributed by atoms with van der Waals surface area (Å²) in [7, 11) is 0. The van der Waals surface area contributed by atoms with Gasteiger partial charge in [0.25, 0.3) is 0 Å². The van der Waals surface area contributed by atoms with Crippen molar-refractivity contribution in [3.63, 3.8) is 0 Å².